The topological polar surface area (TPSA) is 40.5 Å². The maximum absolute atomic E-state index is 12.0. The third-order valence-corrected chi connectivity index (χ3v) is 4.33. The van der Waals surface area contributed by atoms with Gasteiger partial charge in [0.15, 0.2) is 5.78 Å². The van der Waals surface area contributed by atoms with Crippen molar-refractivity contribution in [3.8, 4) is 5.75 Å². The maximum Gasteiger partial charge on any atom is 0.176 e. The van der Waals surface area contributed by atoms with Crippen LogP contribution in [0.1, 0.15) is 15.2 Å². The largest absolute Gasteiger partial charge is 0.508 e. The minimum Gasteiger partial charge on any atom is -0.508 e. The van der Waals surface area contributed by atoms with Gasteiger partial charge < -0.3 is 5.11 Å². The molecule has 0 spiro atoms. The number of halogens is 1. The zero-order chi connectivity index (χ0) is 13.8. The molecule has 0 unspecified atom stereocenters. The van der Waals surface area contributed by atoms with E-state index in [1.807, 2.05) is 17.3 Å². The van der Waals surface area contributed by atoms with Gasteiger partial charge in [0, 0.05) is 26.8 Å². The first-order chi connectivity index (χ1) is 9.04. The van der Waals surface area contributed by atoms with Gasteiger partial charge in [-0.2, -0.15) is 0 Å². The van der Waals surface area contributed by atoms with Crippen LogP contribution in [0.15, 0.2) is 40.2 Å². The van der Waals surface area contributed by atoms with Crippen molar-refractivity contribution in [2.45, 2.75) is 6.54 Å². The first kappa shape index (κ1) is 14.2. The molecule has 0 radical (unpaired) electrons. The van der Waals surface area contributed by atoms with Crippen LogP contribution in [0.3, 0.4) is 0 Å². The van der Waals surface area contributed by atoms with Crippen molar-refractivity contribution in [1.29, 1.82) is 0 Å². The van der Waals surface area contributed by atoms with Gasteiger partial charge in [-0.1, -0.05) is 0 Å². The van der Waals surface area contributed by atoms with E-state index in [4.69, 9.17) is 0 Å². The Hall–Kier alpha value is -1.17. The summed E-state index contributed by atoms with van der Waals surface area (Å²) < 4.78 is 1.07. The molecular weight excluding hydrogens is 326 g/mol. The lowest BCUT2D eigenvalue weighted by atomic mass is 10.1. The van der Waals surface area contributed by atoms with E-state index in [9.17, 15) is 9.90 Å². The third kappa shape index (κ3) is 4.16. The number of likely N-dealkylation sites (N-methyl/N-ethyl adjacent to an activating group) is 1. The molecule has 0 aliphatic rings. The number of carbonyl (C=O) groups is 1. The molecule has 5 heteroatoms. The van der Waals surface area contributed by atoms with Gasteiger partial charge in [-0.25, -0.2) is 0 Å². The van der Waals surface area contributed by atoms with Crippen molar-refractivity contribution < 1.29 is 9.90 Å². The molecule has 0 saturated heterocycles. The number of Topliss-reactive ketones (excluding diaryl/α,β-unsaturated/α-hetero) is 1. The molecule has 100 valence electrons. The van der Waals surface area contributed by atoms with Gasteiger partial charge in [0.1, 0.15) is 5.75 Å². The summed E-state index contributed by atoms with van der Waals surface area (Å²) in [5, 5.41) is 11.2. The van der Waals surface area contributed by atoms with Crippen LogP contribution in [0.4, 0.5) is 0 Å². The highest BCUT2D eigenvalue weighted by molar-refractivity contribution is 9.10. The van der Waals surface area contributed by atoms with Crippen molar-refractivity contribution in [3.05, 3.63) is 50.6 Å². The summed E-state index contributed by atoms with van der Waals surface area (Å²) >= 11 is 5.09. The summed E-state index contributed by atoms with van der Waals surface area (Å²) in [5.74, 6) is 0.228. The fraction of sp³-hybridized carbons (Fsp3) is 0.214. The molecule has 2 rings (SSSR count). The van der Waals surface area contributed by atoms with Crippen molar-refractivity contribution in [1.82, 2.24) is 4.90 Å². The van der Waals surface area contributed by atoms with Crippen LogP contribution >= 0.6 is 27.3 Å². The fourth-order valence-corrected chi connectivity index (χ4v) is 3.27. The van der Waals surface area contributed by atoms with E-state index < -0.39 is 0 Å². The number of benzene rings is 1. The molecule has 2 aromatic rings. The molecule has 0 fully saturated rings. The Morgan fingerprint density at radius 2 is 2.05 bits per heavy atom. The van der Waals surface area contributed by atoms with Crippen LogP contribution in [0.5, 0.6) is 5.75 Å². The van der Waals surface area contributed by atoms with Crippen LogP contribution in [-0.4, -0.2) is 29.4 Å². The van der Waals surface area contributed by atoms with Crippen LogP contribution in [0.2, 0.25) is 0 Å². The standard InChI is InChI=1S/C14H14BrNO2S/c1-16(7-13-6-11(15)9-19-13)8-14(18)10-2-4-12(17)5-3-10/h2-6,9,17H,7-8H2,1H3. The smallest absolute Gasteiger partial charge is 0.176 e. The second-order valence-electron chi connectivity index (χ2n) is 4.37. The molecule has 0 atom stereocenters. The number of nitrogens with zero attached hydrogens (tertiary/aromatic N) is 1. The number of phenolic OH excluding ortho intramolecular Hbond substituents is 1. The molecule has 0 bridgehead atoms. The summed E-state index contributed by atoms with van der Waals surface area (Å²) in [6, 6.07) is 8.42. The SMILES string of the molecule is CN(CC(=O)c1ccc(O)cc1)Cc1cc(Br)cs1. The van der Waals surface area contributed by atoms with Crippen molar-refractivity contribution in [3.63, 3.8) is 0 Å². The summed E-state index contributed by atoms with van der Waals surface area (Å²) in [6.07, 6.45) is 0. The summed E-state index contributed by atoms with van der Waals surface area (Å²) in [6.45, 7) is 1.11. The summed E-state index contributed by atoms with van der Waals surface area (Å²) in [4.78, 5) is 15.2. The predicted molar refractivity (Wildman–Crippen MR) is 80.8 cm³/mol. The quantitative estimate of drug-likeness (QED) is 0.847. The van der Waals surface area contributed by atoms with Crippen LogP contribution < -0.4 is 0 Å². The maximum atomic E-state index is 12.0. The molecule has 0 aliphatic heterocycles. The molecule has 1 aromatic heterocycles. The lowest BCUT2D eigenvalue weighted by molar-refractivity contribution is 0.0943. The molecular formula is C14H14BrNO2S. The monoisotopic (exact) mass is 339 g/mol. The first-order valence-corrected chi connectivity index (χ1v) is 7.45. The number of aromatic hydroxyl groups is 1. The van der Waals surface area contributed by atoms with E-state index >= 15 is 0 Å². The summed E-state index contributed by atoms with van der Waals surface area (Å²) in [5.41, 5.74) is 0.622. The van der Waals surface area contributed by atoms with Crippen LogP contribution in [0.25, 0.3) is 0 Å². The minimum absolute atomic E-state index is 0.0538. The molecule has 1 aromatic carbocycles. The van der Waals surface area contributed by atoms with Gasteiger partial charge in [0.2, 0.25) is 0 Å². The normalized spacial score (nSPS) is 10.9. The van der Waals surface area contributed by atoms with E-state index in [0.717, 1.165) is 11.0 Å². The highest BCUT2D eigenvalue weighted by atomic mass is 79.9. The lowest BCUT2D eigenvalue weighted by Crippen LogP contribution is -2.25. The second-order valence-corrected chi connectivity index (χ2v) is 6.29. The molecule has 1 N–H and O–H groups in total. The van der Waals surface area contributed by atoms with Gasteiger partial charge in [-0.05, 0) is 53.3 Å². The van der Waals surface area contributed by atoms with Gasteiger partial charge in [0.25, 0.3) is 0 Å². The molecule has 3 nitrogen and oxygen atoms in total. The van der Waals surface area contributed by atoms with Gasteiger partial charge in [0.05, 0.1) is 6.54 Å². The third-order valence-electron chi connectivity index (χ3n) is 2.65. The zero-order valence-corrected chi connectivity index (χ0v) is 12.9. The molecule has 0 saturated carbocycles. The zero-order valence-electron chi connectivity index (χ0n) is 10.5. The second kappa shape index (κ2) is 6.32. The number of hydrogen-bond acceptors (Lipinski definition) is 4. The van der Waals surface area contributed by atoms with Crippen molar-refractivity contribution >= 4 is 33.0 Å². The Labute approximate surface area is 124 Å². The Morgan fingerprint density at radius 1 is 1.37 bits per heavy atom. The molecule has 1 heterocycles. The van der Waals surface area contributed by atoms with Crippen LogP contribution in [0, 0.1) is 0 Å². The molecule has 0 aliphatic carbocycles. The van der Waals surface area contributed by atoms with Crippen molar-refractivity contribution in [2.24, 2.45) is 0 Å². The number of phenols is 1. The van der Waals surface area contributed by atoms with E-state index in [-0.39, 0.29) is 11.5 Å². The lowest BCUT2D eigenvalue weighted by Gasteiger charge is -2.14. The molecule has 19 heavy (non-hydrogen) atoms. The average Bonchev–Trinajstić information content (AvgIpc) is 2.75. The fourth-order valence-electron chi connectivity index (χ4n) is 1.74. The number of hydrogen-bond donors (Lipinski definition) is 1. The summed E-state index contributed by atoms with van der Waals surface area (Å²) in [7, 11) is 1.92. The Morgan fingerprint density at radius 3 is 2.63 bits per heavy atom. The van der Waals surface area contributed by atoms with Gasteiger partial charge >= 0.3 is 0 Å². The number of ketones is 1. The van der Waals surface area contributed by atoms with E-state index in [2.05, 4.69) is 22.0 Å². The van der Waals surface area contributed by atoms with Crippen LogP contribution in [-0.2, 0) is 6.54 Å². The van der Waals surface area contributed by atoms with Crippen molar-refractivity contribution in [2.75, 3.05) is 13.6 Å². The Balaban J connectivity index is 1.93. The number of carbonyl (C=O) groups excluding carboxylic acids is 1. The highest BCUT2D eigenvalue weighted by Gasteiger charge is 2.10. The number of thiophene rings is 1. The Kier molecular flexibility index (Phi) is 4.74. The number of rotatable bonds is 5. The predicted octanol–water partition coefficient (Wildman–Crippen LogP) is 3.53. The van der Waals surface area contributed by atoms with Gasteiger partial charge in [-0.3, -0.25) is 9.69 Å². The van der Waals surface area contributed by atoms with E-state index in [1.54, 1.807) is 23.5 Å². The highest BCUT2D eigenvalue weighted by Crippen LogP contribution is 2.21. The molecule has 0 amide bonds. The van der Waals surface area contributed by atoms with E-state index in [0.29, 0.717) is 12.1 Å². The van der Waals surface area contributed by atoms with E-state index in [1.165, 1.54) is 17.0 Å². The minimum atomic E-state index is 0.0538. The van der Waals surface area contributed by atoms with Gasteiger partial charge in [-0.15, -0.1) is 11.3 Å². The Bertz CT molecular complexity index is 565. The average molecular weight is 340 g/mol. The first-order valence-electron chi connectivity index (χ1n) is 5.78.